The van der Waals surface area contributed by atoms with Crippen molar-refractivity contribution < 1.29 is 20.2 Å². The molecule has 0 radical (unpaired) electrons. The molecule has 0 aromatic carbocycles. The van der Waals surface area contributed by atoms with Crippen LogP contribution in [0.15, 0.2) is 12.3 Å². The molecule has 1 aromatic heterocycles. The Kier molecular flexibility index (Phi) is 4.54. The van der Waals surface area contributed by atoms with E-state index in [1.807, 2.05) is 0 Å². The molecule has 0 saturated heterocycles. The van der Waals surface area contributed by atoms with Crippen molar-refractivity contribution in [1.82, 2.24) is 4.98 Å². The molecule has 0 unspecified atom stereocenters. The lowest BCUT2D eigenvalue weighted by atomic mass is 10.0. The Morgan fingerprint density at radius 2 is 1.94 bits per heavy atom. The van der Waals surface area contributed by atoms with E-state index in [9.17, 15) is 10.1 Å². The lowest BCUT2D eigenvalue weighted by Crippen LogP contribution is -2.49. The number of aliphatic hydroxyl groups excluding tert-OH is 3. The smallest absolute Gasteiger partial charge is 0.290 e. The molecule has 0 aliphatic heterocycles. The number of aliphatic hydroxyl groups is 3. The van der Waals surface area contributed by atoms with Gasteiger partial charge in [-0.15, -0.1) is 0 Å². The zero-order valence-corrected chi connectivity index (χ0v) is 9.83. The van der Waals surface area contributed by atoms with Gasteiger partial charge in [0, 0.05) is 5.56 Å². The van der Waals surface area contributed by atoms with Crippen LogP contribution in [0.25, 0.3) is 0 Å². The number of rotatable bonds is 6. The van der Waals surface area contributed by atoms with E-state index in [0.29, 0.717) is 5.56 Å². The molecule has 0 amide bonds. The van der Waals surface area contributed by atoms with Gasteiger partial charge < -0.3 is 20.6 Å². The molecule has 0 fully saturated rings. The summed E-state index contributed by atoms with van der Waals surface area (Å²) in [6, 6.07) is 1.41. The zero-order chi connectivity index (χ0) is 13.8. The summed E-state index contributed by atoms with van der Waals surface area (Å²) in [5, 5.41) is 40.7. The number of aryl methyl sites for hydroxylation is 1. The van der Waals surface area contributed by atoms with Gasteiger partial charge in [-0.25, -0.2) is 4.98 Å². The van der Waals surface area contributed by atoms with Crippen LogP contribution in [-0.4, -0.2) is 50.6 Å². The first-order valence-electron chi connectivity index (χ1n) is 5.20. The molecule has 0 atom stereocenters. The van der Waals surface area contributed by atoms with Crippen LogP contribution in [0.4, 0.5) is 11.5 Å². The third kappa shape index (κ3) is 2.92. The van der Waals surface area contributed by atoms with Gasteiger partial charge in [0.25, 0.3) is 5.69 Å². The summed E-state index contributed by atoms with van der Waals surface area (Å²) in [7, 11) is 0. The first-order chi connectivity index (χ1) is 8.48. The monoisotopic (exact) mass is 257 g/mol. The SMILES string of the molecule is Cc1cc(NC(CO)(CO)CO)ncc1[N+](=O)[O-]. The van der Waals surface area contributed by atoms with Crippen LogP contribution >= 0.6 is 0 Å². The Morgan fingerprint density at radius 3 is 2.33 bits per heavy atom. The highest BCUT2D eigenvalue weighted by atomic mass is 16.6. The first-order valence-corrected chi connectivity index (χ1v) is 5.20. The summed E-state index contributed by atoms with van der Waals surface area (Å²) in [6.07, 6.45) is 1.08. The lowest BCUT2D eigenvalue weighted by molar-refractivity contribution is -0.385. The van der Waals surface area contributed by atoms with Gasteiger partial charge in [-0.05, 0) is 13.0 Å². The number of pyridine rings is 1. The van der Waals surface area contributed by atoms with Gasteiger partial charge in [-0.1, -0.05) is 0 Å². The van der Waals surface area contributed by atoms with E-state index in [2.05, 4.69) is 10.3 Å². The summed E-state index contributed by atoms with van der Waals surface area (Å²) in [6.45, 7) is 0.0383. The van der Waals surface area contributed by atoms with Gasteiger partial charge in [0.2, 0.25) is 0 Å². The number of anilines is 1. The summed E-state index contributed by atoms with van der Waals surface area (Å²) in [4.78, 5) is 13.9. The van der Waals surface area contributed by atoms with Crippen LogP contribution in [-0.2, 0) is 0 Å². The molecular weight excluding hydrogens is 242 g/mol. The number of hydrogen-bond donors (Lipinski definition) is 4. The van der Waals surface area contributed by atoms with Crippen molar-refractivity contribution in [1.29, 1.82) is 0 Å². The molecule has 100 valence electrons. The van der Waals surface area contributed by atoms with Crippen LogP contribution in [0.3, 0.4) is 0 Å². The predicted molar refractivity (Wildman–Crippen MR) is 63.2 cm³/mol. The average Bonchev–Trinajstić information content (AvgIpc) is 2.36. The predicted octanol–water partition coefficient (Wildman–Crippen LogP) is -0.574. The van der Waals surface area contributed by atoms with Gasteiger partial charge in [-0.2, -0.15) is 0 Å². The maximum Gasteiger partial charge on any atom is 0.290 e. The Balaban J connectivity index is 2.98. The molecule has 0 aliphatic carbocycles. The standard InChI is InChI=1S/C10H15N3O5/c1-7-2-9(11-3-8(7)13(17)18)12-10(4-14,5-15)6-16/h2-3,14-16H,4-6H2,1H3,(H,11,12). The zero-order valence-electron chi connectivity index (χ0n) is 9.83. The topological polar surface area (TPSA) is 129 Å². The molecule has 1 rings (SSSR count). The van der Waals surface area contributed by atoms with Gasteiger partial charge >= 0.3 is 0 Å². The number of hydrogen-bond acceptors (Lipinski definition) is 7. The highest BCUT2D eigenvalue weighted by Gasteiger charge is 2.28. The maximum absolute atomic E-state index is 10.6. The van der Waals surface area contributed by atoms with Crippen molar-refractivity contribution in [2.24, 2.45) is 0 Å². The van der Waals surface area contributed by atoms with E-state index in [4.69, 9.17) is 15.3 Å². The van der Waals surface area contributed by atoms with Gasteiger partial charge in [0.05, 0.1) is 24.7 Å². The number of aromatic nitrogens is 1. The second kappa shape index (κ2) is 5.71. The molecule has 8 nitrogen and oxygen atoms in total. The van der Waals surface area contributed by atoms with Crippen molar-refractivity contribution in [3.8, 4) is 0 Å². The van der Waals surface area contributed by atoms with Crippen molar-refractivity contribution >= 4 is 11.5 Å². The van der Waals surface area contributed by atoms with Crippen LogP contribution in [0.1, 0.15) is 5.56 Å². The van der Waals surface area contributed by atoms with Crippen LogP contribution < -0.4 is 5.32 Å². The van der Waals surface area contributed by atoms with Gasteiger partial charge in [0.1, 0.15) is 17.6 Å². The van der Waals surface area contributed by atoms with Crippen LogP contribution in [0.5, 0.6) is 0 Å². The van der Waals surface area contributed by atoms with Crippen molar-refractivity contribution in [3.05, 3.63) is 27.9 Å². The minimum Gasteiger partial charge on any atom is -0.394 e. The minimum absolute atomic E-state index is 0.122. The van der Waals surface area contributed by atoms with E-state index in [1.165, 1.54) is 6.07 Å². The molecule has 0 spiro atoms. The fraction of sp³-hybridized carbons (Fsp3) is 0.500. The third-order valence-corrected chi connectivity index (χ3v) is 2.58. The third-order valence-electron chi connectivity index (χ3n) is 2.58. The molecule has 1 aromatic rings. The number of nitro groups is 1. The van der Waals surface area contributed by atoms with E-state index in [0.717, 1.165) is 6.20 Å². The Bertz CT molecular complexity index is 425. The second-order valence-electron chi connectivity index (χ2n) is 3.99. The largest absolute Gasteiger partial charge is 0.394 e. The minimum atomic E-state index is -1.31. The van der Waals surface area contributed by atoms with E-state index >= 15 is 0 Å². The molecule has 4 N–H and O–H groups in total. The molecule has 8 heteroatoms. The fourth-order valence-electron chi connectivity index (χ4n) is 1.35. The first kappa shape index (κ1) is 14.3. The van der Waals surface area contributed by atoms with Crippen LogP contribution in [0.2, 0.25) is 0 Å². The Labute approximate surface area is 103 Å². The molecule has 0 bridgehead atoms. The number of nitrogens with zero attached hydrogens (tertiary/aromatic N) is 2. The van der Waals surface area contributed by atoms with E-state index in [-0.39, 0.29) is 11.5 Å². The molecular formula is C10H15N3O5. The summed E-state index contributed by atoms with van der Waals surface area (Å²) < 4.78 is 0. The van der Waals surface area contributed by atoms with Crippen molar-refractivity contribution in [2.45, 2.75) is 12.5 Å². The van der Waals surface area contributed by atoms with Gasteiger partial charge in [0.15, 0.2) is 0 Å². The van der Waals surface area contributed by atoms with Crippen molar-refractivity contribution in [2.75, 3.05) is 25.1 Å². The highest BCUT2D eigenvalue weighted by molar-refractivity contribution is 5.48. The Morgan fingerprint density at radius 1 is 1.39 bits per heavy atom. The normalized spacial score (nSPS) is 11.3. The summed E-state index contributed by atoms with van der Waals surface area (Å²) in [5.41, 5.74) is -1.04. The average molecular weight is 257 g/mol. The number of nitrogens with one attached hydrogen (secondary N) is 1. The summed E-state index contributed by atoms with van der Waals surface area (Å²) >= 11 is 0. The summed E-state index contributed by atoms with van der Waals surface area (Å²) in [5.74, 6) is 0.232. The second-order valence-corrected chi connectivity index (χ2v) is 3.99. The molecule has 0 aliphatic rings. The fourth-order valence-corrected chi connectivity index (χ4v) is 1.35. The van der Waals surface area contributed by atoms with Crippen LogP contribution in [0, 0.1) is 17.0 Å². The quantitative estimate of drug-likeness (QED) is 0.396. The molecule has 1 heterocycles. The van der Waals surface area contributed by atoms with Gasteiger partial charge in [-0.3, -0.25) is 10.1 Å². The molecule has 0 saturated carbocycles. The van der Waals surface area contributed by atoms with E-state index in [1.54, 1.807) is 6.92 Å². The van der Waals surface area contributed by atoms with E-state index < -0.39 is 30.3 Å². The Hall–Kier alpha value is -1.77. The maximum atomic E-state index is 10.6. The van der Waals surface area contributed by atoms with Crippen molar-refractivity contribution in [3.63, 3.8) is 0 Å². The molecule has 18 heavy (non-hydrogen) atoms. The lowest BCUT2D eigenvalue weighted by Gasteiger charge is -2.29. The highest BCUT2D eigenvalue weighted by Crippen LogP contribution is 2.21.